The minimum absolute atomic E-state index is 0.142. The molecule has 0 unspecified atom stereocenters. The van der Waals surface area contributed by atoms with Crippen molar-refractivity contribution < 1.29 is 6.15 Å². The third-order valence-corrected chi connectivity index (χ3v) is 2.62. The van der Waals surface area contributed by atoms with Crippen LogP contribution in [-0.4, -0.2) is 39.8 Å². The number of nitrogens with one attached hydrogen (secondary N) is 1. The van der Waals surface area contributed by atoms with Crippen LogP contribution in [-0.2, 0) is 20.7 Å². The molecule has 0 aromatic carbocycles. The molecule has 0 atom stereocenters. The van der Waals surface area contributed by atoms with Gasteiger partial charge in [0.25, 0.3) is 0 Å². The highest BCUT2D eigenvalue weighted by Gasteiger charge is 2.15. The molecular formula is C10H12N8O2. The van der Waals surface area contributed by atoms with Gasteiger partial charge in [-0.2, -0.15) is 9.78 Å². The van der Waals surface area contributed by atoms with Crippen LogP contribution in [0.1, 0.15) is 5.56 Å². The molecule has 0 radical (unpaired) electrons. The lowest BCUT2D eigenvalue weighted by Crippen LogP contribution is -2.23. The first-order valence-electron chi connectivity index (χ1n) is 6.19. The maximum Gasteiger partial charge on any atom is 0.369 e. The van der Waals surface area contributed by atoms with E-state index in [4.69, 9.17) is 6.15 Å². The van der Waals surface area contributed by atoms with E-state index in [1.807, 2.05) is 0 Å². The molecule has 3 aromatic rings. The fourth-order valence-corrected chi connectivity index (χ4v) is 1.70. The van der Waals surface area contributed by atoms with Crippen LogP contribution < -0.4 is 10.4 Å². The second-order valence-electron chi connectivity index (χ2n) is 4.11. The first-order chi connectivity index (χ1) is 10.0. The van der Waals surface area contributed by atoms with Gasteiger partial charge in [-0.15, -0.1) is 9.78 Å². The smallest absolute Gasteiger partial charge is 0.369 e. The van der Waals surface area contributed by atoms with Gasteiger partial charge in [-0.1, -0.05) is 0 Å². The van der Waals surface area contributed by atoms with E-state index in [2.05, 4.69) is 20.6 Å². The number of hydrogen-bond acceptors (Lipinski definition) is 6. The van der Waals surface area contributed by atoms with Crippen molar-refractivity contribution in [1.29, 1.82) is 0 Å². The predicted octanol–water partition coefficient (Wildman–Crippen LogP) is -0.998. The Hall–Kier alpha value is -2.91. The summed E-state index contributed by atoms with van der Waals surface area (Å²) in [6.45, 7) is 0.142. The molecule has 0 aliphatic rings. The minimum Gasteiger partial charge on any atom is -0.472 e. The van der Waals surface area contributed by atoms with Gasteiger partial charge in [0.15, 0.2) is 7.23 Å². The van der Waals surface area contributed by atoms with Gasteiger partial charge in [0, 0.05) is 32.6 Å². The zero-order chi connectivity index (χ0) is 15.0. The SMILES string of the molecule is [3H]n1ccc(OCc2cn(C)nc2-n2nnn(C)c2=O)n1. The average Bonchev–Trinajstić information content (AvgIpc) is 3.10. The van der Waals surface area contributed by atoms with Crippen molar-refractivity contribution in [3.05, 3.63) is 34.5 Å². The quantitative estimate of drug-likeness (QED) is 0.656. The van der Waals surface area contributed by atoms with Crippen molar-refractivity contribution in [2.24, 2.45) is 14.1 Å². The Kier molecular flexibility index (Phi) is 2.55. The van der Waals surface area contributed by atoms with Crippen molar-refractivity contribution in [3.8, 4) is 11.7 Å². The maximum absolute atomic E-state index is 11.9. The number of aryl methyl sites for hydroxylation is 2. The molecule has 0 fully saturated rings. The first-order valence-corrected chi connectivity index (χ1v) is 5.74. The summed E-state index contributed by atoms with van der Waals surface area (Å²) in [6, 6.07) is 1.57. The van der Waals surface area contributed by atoms with E-state index >= 15 is 0 Å². The summed E-state index contributed by atoms with van der Waals surface area (Å²) in [7, 11) is 3.23. The fourth-order valence-electron chi connectivity index (χ4n) is 1.70. The number of aromatic nitrogens is 8. The molecule has 3 aromatic heterocycles. The minimum atomic E-state index is -0.398. The number of nitrogens with zero attached hydrogens (tertiary/aromatic N) is 7. The van der Waals surface area contributed by atoms with Crippen molar-refractivity contribution >= 4 is 0 Å². The molecule has 0 bridgehead atoms. The maximum atomic E-state index is 11.9. The molecule has 0 aliphatic heterocycles. The van der Waals surface area contributed by atoms with Crippen LogP contribution in [0.15, 0.2) is 23.3 Å². The molecule has 0 saturated heterocycles. The van der Waals surface area contributed by atoms with Crippen molar-refractivity contribution in [2.45, 2.75) is 6.61 Å². The number of tetrazole rings is 1. The van der Waals surface area contributed by atoms with Gasteiger partial charge in [0.1, 0.15) is 6.61 Å². The summed E-state index contributed by atoms with van der Waals surface area (Å²) in [5, 5.41) is 16.3. The molecule has 104 valence electrons. The number of H-pyrrole nitrogens is 1. The highest BCUT2D eigenvalue weighted by atomic mass is 16.5. The number of aromatic amines is 1. The second-order valence-corrected chi connectivity index (χ2v) is 4.11. The van der Waals surface area contributed by atoms with Gasteiger partial charge < -0.3 is 4.74 Å². The van der Waals surface area contributed by atoms with E-state index in [1.54, 1.807) is 24.0 Å². The normalized spacial score (nSPS) is 11.6. The Morgan fingerprint density at radius 2 is 2.30 bits per heavy atom. The zero-order valence-corrected chi connectivity index (χ0v) is 10.8. The summed E-state index contributed by atoms with van der Waals surface area (Å²) in [6.07, 6.45) is 3.17. The van der Waals surface area contributed by atoms with Gasteiger partial charge in [-0.3, -0.25) is 9.77 Å². The van der Waals surface area contributed by atoms with Gasteiger partial charge >= 0.3 is 5.69 Å². The molecule has 3 rings (SSSR count). The summed E-state index contributed by atoms with van der Waals surface area (Å²) < 4.78 is 16.5. The van der Waals surface area contributed by atoms with Crippen LogP contribution >= 0.6 is 0 Å². The third kappa shape index (κ3) is 2.06. The van der Waals surface area contributed by atoms with Crippen LogP contribution in [0.5, 0.6) is 5.88 Å². The Morgan fingerprint density at radius 1 is 1.45 bits per heavy atom. The fraction of sp³-hybridized carbons (Fsp3) is 0.300. The van der Waals surface area contributed by atoms with Gasteiger partial charge in [-0.05, 0) is 10.4 Å². The van der Waals surface area contributed by atoms with Crippen LogP contribution in [0.4, 0.5) is 0 Å². The molecule has 10 nitrogen and oxygen atoms in total. The Bertz CT molecular complexity index is 828. The van der Waals surface area contributed by atoms with Gasteiger partial charge in [0.05, 0.1) is 5.56 Å². The monoisotopic (exact) mass is 278 g/mol. The largest absolute Gasteiger partial charge is 0.472 e. The van der Waals surface area contributed by atoms with Crippen molar-refractivity contribution in [2.75, 3.05) is 0 Å². The highest BCUT2D eigenvalue weighted by molar-refractivity contribution is 5.30. The Labute approximate surface area is 114 Å². The van der Waals surface area contributed by atoms with Gasteiger partial charge in [-0.25, -0.2) is 4.79 Å². The van der Waals surface area contributed by atoms with Crippen molar-refractivity contribution in [3.63, 3.8) is 0 Å². The summed E-state index contributed by atoms with van der Waals surface area (Å²) >= 11 is 0. The van der Waals surface area contributed by atoms with Crippen LogP contribution in [0, 0.1) is 0 Å². The Morgan fingerprint density at radius 3 is 2.95 bits per heavy atom. The molecule has 0 spiro atoms. The van der Waals surface area contributed by atoms with E-state index in [0.717, 1.165) is 14.5 Å². The first kappa shape index (κ1) is 11.0. The molecule has 0 aliphatic carbocycles. The lowest BCUT2D eigenvalue weighted by atomic mass is 10.3. The lowest BCUT2D eigenvalue weighted by Gasteiger charge is -2.01. The molecule has 10 heteroatoms. The van der Waals surface area contributed by atoms with Crippen LogP contribution in [0.25, 0.3) is 5.82 Å². The Balaban J connectivity index is 1.89. The predicted molar refractivity (Wildman–Crippen MR) is 66.3 cm³/mol. The topological polar surface area (TPSA) is 108 Å². The number of ether oxygens (including phenoxy) is 1. The van der Waals surface area contributed by atoms with Crippen molar-refractivity contribution in [1.82, 2.24) is 39.8 Å². The molecule has 3 heterocycles. The average molecular weight is 278 g/mol. The molecule has 0 amide bonds. The molecular weight excluding hydrogens is 264 g/mol. The van der Waals surface area contributed by atoms with Crippen LogP contribution in [0.3, 0.4) is 0 Å². The molecule has 0 saturated carbocycles. The number of hydrogen-bond donors (Lipinski definition) is 1. The van der Waals surface area contributed by atoms with Gasteiger partial charge in [0.2, 0.25) is 5.88 Å². The van der Waals surface area contributed by atoms with E-state index in [9.17, 15) is 4.79 Å². The molecule has 20 heavy (non-hydrogen) atoms. The molecule has 1 N–H and O–H groups in total. The standard InChI is InChI=1S/C10H12N8O2/c1-16-5-7(6-20-8-3-4-11-12-8)9(13-16)18-10(19)17(2)14-15-18/h3-5H,6H2,1-2H3,(H,11,12)/i/hT. The summed E-state index contributed by atoms with van der Waals surface area (Å²) in [5.41, 5.74) is 0.255. The zero-order valence-electron chi connectivity index (χ0n) is 11.8. The summed E-state index contributed by atoms with van der Waals surface area (Å²) in [5.74, 6) is 0.659. The highest BCUT2D eigenvalue weighted by Crippen LogP contribution is 2.12. The van der Waals surface area contributed by atoms with E-state index < -0.39 is 5.69 Å². The van der Waals surface area contributed by atoms with E-state index in [1.165, 1.54) is 13.2 Å². The lowest BCUT2D eigenvalue weighted by molar-refractivity contribution is 0.293. The van der Waals surface area contributed by atoms with E-state index in [0.29, 0.717) is 17.3 Å². The summed E-state index contributed by atoms with van der Waals surface area (Å²) in [4.78, 5) is 11.9. The van der Waals surface area contributed by atoms with E-state index in [-0.39, 0.29) is 6.61 Å². The van der Waals surface area contributed by atoms with Crippen LogP contribution in [0.2, 0.25) is 1.41 Å². The second kappa shape index (κ2) is 4.64. The number of rotatable bonds is 4. The third-order valence-electron chi connectivity index (χ3n) is 2.62.